The molecule has 94 valence electrons. The second-order valence-corrected chi connectivity index (χ2v) is 6.12. The quantitative estimate of drug-likeness (QED) is 0.897. The van der Waals surface area contributed by atoms with Crippen molar-refractivity contribution in [3.8, 4) is 10.6 Å². The second kappa shape index (κ2) is 5.07. The summed E-state index contributed by atoms with van der Waals surface area (Å²) in [6.07, 6.45) is 2.30. The van der Waals surface area contributed by atoms with Gasteiger partial charge in [-0.3, -0.25) is 0 Å². The van der Waals surface area contributed by atoms with Crippen molar-refractivity contribution in [2.75, 3.05) is 6.54 Å². The van der Waals surface area contributed by atoms with E-state index < -0.39 is 0 Å². The maximum Gasteiger partial charge on any atom is 0.134 e. The first-order valence-corrected chi connectivity index (χ1v) is 7.55. The molecule has 2 heterocycles. The average Bonchev–Trinajstić information content (AvgIpc) is 2.99. The molecule has 1 N–H and O–H groups in total. The van der Waals surface area contributed by atoms with Crippen LogP contribution in [0.5, 0.6) is 0 Å². The lowest BCUT2D eigenvalue weighted by Gasteiger charge is -2.05. The number of aromatic nitrogens is 1. The van der Waals surface area contributed by atoms with Crippen LogP contribution in [0.1, 0.15) is 24.6 Å². The highest BCUT2D eigenvalue weighted by Gasteiger charge is 2.20. The first-order chi connectivity index (χ1) is 8.74. The number of benzene rings is 1. The van der Waals surface area contributed by atoms with Crippen LogP contribution in [0.25, 0.3) is 10.6 Å². The SMILES string of the molecule is Fc1cc(Br)ccc1-c1nc(C2CCCN2)cs1. The fourth-order valence-corrected chi connectivity index (χ4v) is 3.40. The van der Waals surface area contributed by atoms with Gasteiger partial charge < -0.3 is 5.32 Å². The Hall–Kier alpha value is -0.780. The van der Waals surface area contributed by atoms with Crippen LogP contribution >= 0.6 is 27.3 Å². The van der Waals surface area contributed by atoms with Crippen LogP contribution in [0.2, 0.25) is 0 Å². The van der Waals surface area contributed by atoms with E-state index in [0.29, 0.717) is 11.6 Å². The minimum absolute atomic E-state index is 0.232. The zero-order chi connectivity index (χ0) is 12.5. The van der Waals surface area contributed by atoms with Gasteiger partial charge in [0.2, 0.25) is 0 Å². The summed E-state index contributed by atoms with van der Waals surface area (Å²) in [6, 6.07) is 5.43. The lowest BCUT2D eigenvalue weighted by atomic mass is 10.2. The zero-order valence-corrected chi connectivity index (χ0v) is 12.0. The van der Waals surface area contributed by atoms with Gasteiger partial charge in [0, 0.05) is 15.4 Å². The fraction of sp³-hybridized carbons (Fsp3) is 0.308. The number of hydrogen-bond donors (Lipinski definition) is 1. The monoisotopic (exact) mass is 326 g/mol. The Balaban J connectivity index is 1.92. The highest BCUT2D eigenvalue weighted by Crippen LogP contribution is 2.31. The first-order valence-electron chi connectivity index (χ1n) is 5.88. The van der Waals surface area contributed by atoms with Gasteiger partial charge >= 0.3 is 0 Å². The summed E-state index contributed by atoms with van der Waals surface area (Å²) >= 11 is 4.76. The van der Waals surface area contributed by atoms with Crippen LogP contribution < -0.4 is 5.32 Å². The van der Waals surface area contributed by atoms with Gasteiger partial charge in [-0.2, -0.15) is 0 Å². The van der Waals surface area contributed by atoms with E-state index in [1.807, 2.05) is 11.4 Å². The molecule has 1 aliphatic heterocycles. The van der Waals surface area contributed by atoms with E-state index in [1.54, 1.807) is 6.07 Å². The van der Waals surface area contributed by atoms with Crippen molar-refractivity contribution < 1.29 is 4.39 Å². The van der Waals surface area contributed by atoms with Crippen molar-refractivity contribution in [2.45, 2.75) is 18.9 Å². The summed E-state index contributed by atoms with van der Waals surface area (Å²) < 4.78 is 14.6. The summed E-state index contributed by atoms with van der Waals surface area (Å²) in [4.78, 5) is 4.55. The topological polar surface area (TPSA) is 24.9 Å². The van der Waals surface area contributed by atoms with Crippen LogP contribution in [0.3, 0.4) is 0 Å². The van der Waals surface area contributed by atoms with E-state index in [-0.39, 0.29) is 5.82 Å². The number of hydrogen-bond acceptors (Lipinski definition) is 3. The molecule has 5 heteroatoms. The van der Waals surface area contributed by atoms with Crippen molar-refractivity contribution in [3.63, 3.8) is 0 Å². The molecule has 0 radical (unpaired) electrons. The maximum absolute atomic E-state index is 13.8. The Morgan fingerprint density at radius 2 is 2.33 bits per heavy atom. The highest BCUT2D eigenvalue weighted by atomic mass is 79.9. The predicted octanol–water partition coefficient (Wildman–Crippen LogP) is 4.14. The third kappa shape index (κ3) is 2.35. The summed E-state index contributed by atoms with van der Waals surface area (Å²) in [7, 11) is 0. The van der Waals surface area contributed by atoms with Crippen molar-refractivity contribution >= 4 is 27.3 Å². The number of nitrogens with one attached hydrogen (secondary N) is 1. The third-order valence-electron chi connectivity index (χ3n) is 3.10. The predicted molar refractivity (Wildman–Crippen MR) is 75.2 cm³/mol. The number of thiazole rings is 1. The van der Waals surface area contributed by atoms with Crippen LogP contribution in [0.4, 0.5) is 4.39 Å². The molecule has 1 unspecified atom stereocenters. The standard InChI is InChI=1S/C13H12BrFN2S/c14-8-3-4-9(10(15)6-8)13-17-12(7-18-13)11-2-1-5-16-11/h3-4,6-7,11,16H,1-2,5H2. The van der Waals surface area contributed by atoms with Crippen LogP contribution in [0.15, 0.2) is 28.1 Å². The Morgan fingerprint density at radius 3 is 3.06 bits per heavy atom. The van der Waals surface area contributed by atoms with E-state index in [2.05, 4.69) is 26.2 Å². The number of halogens is 2. The summed E-state index contributed by atoms with van der Waals surface area (Å²) in [6.45, 7) is 1.05. The first kappa shape index (κ1) is 12.3. The van der Waals surface area contributed by atoms with E-state index in [4.69, 9.17) is 0 Å². The van der Waals surface area contributed by atoms with Crippen molar-refractivity contribution in [2.24, 2.45) is 0 Å². The molecule has 1 aromatic carbocycles. The second-order valence-electron chi connectivity index (χ2n) is 4.35. The van der Waals surface area contributed by atoms with Crippen molar-refractivity contribution in [1.29, 1.82) is 0 Å². The molecule has 1 aliphatic rings. The van der Waals surface area contributed by atoms with E-state index >= 15 is 0 Å². The van der Waals surface area contributed by atoms with Crippen LogP contribution in [0, 0.1) is 5.82 Å². The van der Waals surface area contributed by atoms with E-state index in [1.165, 1.54) is 23.8 Å². The van der Waals surface area contributed by atoms with Gasteiger partial charge in [-0.05, 0) is 37.6 Å². The molecule has 0 amide bonds. The van der Waals surface area contributed by atoms with Gasteiger partial charge in [0.15, 0.2) is 0 Å². The molecular formula is C13H12BrFN2S. The van der Waals surface area contributed by atoms with Gasteiger partial charge in [0.1, 0.15) is 10.8 Å². The Bertz CT molecular complexity index is 564. The summed E-state index contributed by atoms with van der Waals surface area (Å²) in [5, 5.41) is 6.19. The van der Waals surface area contributed by atoms with Crippen molar-refractivity contribution in [1.82, 2.24) is 10.3 Å². The molecule has 0 aliphatic carbocycles. The number of rotatable bonds is 2. The smallest absolute Gasteiger partial charge is 0.134 e. The Labute approximate surface area is 117 Å². The lowest BCUT2D eigenvalue weighted by Crippen LogP contribution is -2.12. The fourth-order valence-electron chi connectivity index (χ4n) is 2.17. The molecule has 0 spiro atoms. The average molecular weight is 327 g/mol. The normalized spacial score (nSPS) is 19.3. The van der Waals surface area contributed by atoms with Crippen LogP contribution in [-0.4, -0.2) is 11.5 Å². The molecule has 0 bridgehead atoms. The van der Waals surface area contributed by atoms with Crippen molar-refractivity contribution in [3.05, 3.63) is 39.6 Å². The third-order valence-corrected chi connectivity index (χ3v) is 4.49. The Kier molecular flexibility index (Phi) is 3.46. The van der Waals surface area contributed by atoms with E-state index in [0.717, 1.165) is 28.1 Å². The molecule has 0 saturated carbocycles. The molecule has 3 rings (SSSR count). The zero-order valence-electron chi connectivity index (χ0n) is 9.62. The van der Waals surface area contributed by atoms with Gasteiger partial charge in [0.25, 0.3) is 0 Å². The molecule has 1 fully saturated rings. The minimum atomic E-state index is -0.232. The molecule has 1 atom stereocenters. The molecule has 1 saturated heterocycles. The molecule has 2 aromatic rings. The molecule has 2 nitrogen and oxygen atoms in total. The number of nitrogens with zero attached hydrogens (tertiary/aromatic N) is 1. The maximum atomic E-state index is 13.8. The van der Waals surface area contributed by atoms with Crippen LogP contribution in [-0.2, 0) is 0 Å². The summed E-state index contributed by atoms with van der Waals surface area (Å²) in [5.74, 6) is -0.232. The largest absolute Gasteiger partial charge is 0.309 e. The van der Waals surface area contributed by atoms with E-state index in [9.17, 15) is 4.39 Å². The minimum Gasteiger partial charge on any atom is -0.309 e. The molecule has 1 aromatic heterocycles. The Morgan fingerprint density at radius 1 is 1.44 bits per heavy atom. The lowest BCUT2D eigenvalue weighted by molar-refractivity contribution is 0.626. The molecular weight excluding hydrogens is 315 g/mol. The van der Waals surface area contributed by atoms with Gasteiger partial charge in [-0.1, -0.05) is 15.9 Å². The van der Waals surface area contributed by atoms with Gasteiger partial charge in [-0.15, -0.1) is 11.3 Å². The molecule has 18 heavy (non-hydrogen) atoms. The highest BCUT2D eigenvalue weighted by molar-refractivity contribution is 9.10. The van der Waals surface area contributed by atoms with Gasteiger partial charge in [-0.25, -0.2) is 9.37 Å². The summed E-state index contributed by atoms with van der Waals surface area (Å²) in [5.41, 5.74) is 1.61. The van der Waals surface area contributed by atoms with Gasteiger partial charge in [0.05, 0.1) is 11.7 Å².